The fourth-order valence-corrected chi connectivity index (χ4v) is 1.48. The van der Waals surface area contributed by atoms with E-state index in [0.29, 0.717) is 0 Å². The van der Waals surface area contributed by atoms with Crippen LogP contribution in [0.5, 0.6) is 0 Å². The number of non-ortho nitro benzene ring substituents is 1. The smallest absolute Gasteiger partial charge is 0.343 e. The molecule has 0 aliphatic rings. The van der Waals surface area contributed by atoms with Gasteiger partial charge in [0.05, 0.1) is 31.9 Å². The lowest BCUT2D eigenvalue weighted by atomic mass is 10.2. The molecule has 0 atom stereocenters. The summed E-state index contributed by atoms with van der Waals surface area (Å²) < 4.78 is 14.0. The summed E-state index contributed by atoms with van der Waals surface area (Å²) >= 11 is 0. The first-order valence-electron chi connectivity index (χ1n) is 6.18. The van der Waals surface area contributed by atoms with Crippen LogP contribution in [0.25, 0.3) is 0 Å². The first kappa shape index (κ1) is 17.8. The van der Waals surface area contributed by atoms with E-state index < -0.39 is 16.9 Å². The Hall–Kier alpha value is -3.23. The molecule has 0 amide bonds. The fourth-order valence-electron chi connectivity index (χ4n) is 1.48. The van der Waals surface area contributed by atoms with Crippen molar-refractivity contribution in [1.29, 1.82) is 0 Å². The van der Waals surface area contributed by atoms with Crippen molar-refractivity contribution in [3.05, 3.63) is 46.0 Å². The number of benzene rings is 1. The van der Waals surface area contributed by atoms with E-state index in [-0.39, 0.29) is 22.8 Å². The lowest BCUT2D eigenvalue weighted by molar-refractivity contribution is -0.384. The van der Waals surface area contributed by atoms with Crippen molar-refractivity contribution in [3.63, 3.8) is 0 Å². The number of esters is 2. The predicted molar refractivity (Wildman–Crippen MR) is 79.3 cm³/mol. The lowest BCUT2D eigenvalue weighted by Crippen LogP contribution is -2.18. The number of nitrogens with zero attached hydrogens (tertiary/aromatic N) is 2. The Kier molecular flexibility index (Phi) is 6.41. The largest absolute Gasteiger partial charge is 0.480 e. The highest BCUT2D eigenvalue weighted by molar-refractivity contribution is 6.19. The molecule has 0 N–H and O–H groups in total. The Labute approximate surface area is 131 Å². The Morgan fingerprint density at radius 2 is 1.70 bits per heavy atom. The van der Waals surface area contributed by atoms with E-state index in [4.69, 9.17) is 4.74 Å². The van der Waals surface area contributed by atoms with Crippen molar-refractivity contribution in [3.8, 4) is 0 Å². The third kappa shape index (κ3) is 4.92. The van der Waals surface area contributed by atoms with E-state index in [1.807, 2.05) is 0 Å². The zero-order valence-corrected chi connectivity index (χ0v) is 12.6. The van der Waals surface area contributed by atoms with Gasteiger partial charge in [-0.3, -0.25) is 10.1 Å². The molecule has 0 saturated carbocycles. The van der Waals surface area contributed by atoms with E-state index >= 15 is 0 Å². The molecule has 1 aromatic rings. The van der Waals surface area contributed by atoms with Crippen molar-refractivity contribution in [1.82, 2.24) is 0 Å². The Morgan fingerprint density at radius 1 is 1.09 bits per heavy atom. The molecule has 0 radical (unpaired) electrons. The summed E-state index contributed by atoms with van der Waals surface area (Å²) in [6, 6.07) is 5.22. The standard InChI is InChI=1S/C14H14N2O7/c1-21-12(17)8-11(14(18)23-3)13(22-2)15-9-4-6-10(7-5-9)16(19)20/h4-8H,1-3H3/b11-8+,15-13?. The molecule has 0 aliphatic heterocycles. The first-order chi connectivity index (χ1) is 10.9. The number of nitro benzene ring substituents is 1. The monoisotopic (exact) mass is 322 g/mol. The van der Waals surface area contributed by atoms with Gasteiger partial charge in [-0.25, -0.2) is 14.6 Å². The van der Waals surface area contributed by atoms with E-state index in [2.05, 4.69) is 14.5 Å². The van der Waals surface area contributed by atoms with Crippen LogP contribution in [0.3, 0.4) is 0 Å². The van der Waals surface area contributed by atoms with Gasteiger partial charge in [0, 0.05) is 18.2 Å². The number of methoxy groups -OCH3 is 3. The minimum atomic E-state index is -0.849. The van der Waals surface area contributed by atoms with Gasteiger partial charge >= 0.3 is 11.9 Å². The zero-order chi connectivity index (χ0) is 17.4. The van der Waals surface area contributed by atoms with E-state index in [1.54, 1.807) is 0 Å². The number of carbonyl (C=O) groups is 2. The summed E-state index contributed by atoms with van der Waals surface area (Å²) in [6.45, 7) is 0. The predicted octanol–water partition coefficient (Wildman–Crippen LogP) is 1.54. The Balaban J connectivity index is 3.25. The molecule has 0 bridgehead atoms. The van der Waals surface area contributed by atoms with Gasteiger partial charge in [-0.1, -0.05) is 0 Å². The van der Waals surface area contributed by atoms with E-state index in [1.165, 1.54) is 31.4 Å². The van der Waals surface area contributed by atoms with Gasteiger partial charge in [-0.2, -0.15) is 0 Å². The third-order valence-electron chi connectivity index (χ3n) is 2.58. The van der Waals surface area contributed by atoms with Crippen LogP contribution < -0.4 is 0 Å². The van der Waals surface area contributed by atoms with Gasteiger partial charge in [0.25, 0.3) is 5.69 Å². The van der Waals surface area contributed by atoms with Gasteiger partial charge in [0.1, 0.15) is 5.57 Å². The Morgan fingerprint density at radius 3 is 2.13 bits per heavy atom. The average Bonchev–Trinajstić information content (AvgIpc) is 2.57. The number of aliphatic imine (C=N–C) groups is 1. The van der Waals surface area contributed by atoms with Gasteiger partial charge in [0.15, 0.2) is 0 Å². The molecule has 23 heavy (non-hydrogen) atoms. The van der Waals surface area contributed by atoms with Crippen molar-refractivity contribution in [2.45, 2.75) is 0 Å². The summed E-state index contributed by atoms with van der Waals surface area (Å²) in [5.74, 6) is -1.84. The van der Waals surface area contributed by atoms with Crippen LogP contribution in [-0.4, -0.2) is 44.1 Å². The van der Waals surface area contributed by atoms with Crippen molar-refractivity contribution in [2.24, 2.45) is 4.99 Å². The molecule has 0 fully saturated rings. The quantitative estimate of drug-likeness (QED) is 0.201. The second kappa shape index (κ2) is 8.27. The van der Waals surface area contributed by atoms with Gasteiger partial charge in [-0.15, -0.1) is 0 Å². The Bertz CT molecular complexity index is 662. The van der Waals surface area contributed by atoms with Crippen molar-refractivity contribution < 1.29 is 28.7 Å². The topological polar surface area (TPSA) is 117 Å². The number of ether oxygens (including phenoxy) is 3. The molecule has 1 aromatic carbocycles. The second-order valence-corrected chi connectivity index (χ2v) is 3.97. The van der Waals surface area contributed by atoms with Gasteiger partial charge in [-0.05, 0) is 12.1 Å². The summed E-state index contributed by atoms with van der Waals surface area (Å²) in [6.07, 6.45) is 0.875. The van der Waals surface area contributed by atoms with Crippen molar-refractivity contribution in [2.75, 3.05) is 21.3 Å². The molecule has 122 valence electrons. The molecule has 9 heteroatoms. The molecular weight excluding hydrogens is 308 g/mol. The molecule has 1 rings (SSSR count). The first-order valence-corrected chi connectivity index (χ1v) is 6.18. The maximum atomic E-state index is 11.7. The maximum Gasteiger partial charge on any atom is 0.343 e. The highest BCUT2D eigenvalue weighted by atomic mass is 16.6. The van der Waals surface area contributed by atoms with Crippen LogP contribution in [0.1, 0.15) is 0 Å². The zero-order valence-electron chi connectivity index (χ0n) is 12.6. The summed E-state index contributed by atoms with van der Waals surface area (Å²) in [5, 5.41) is 10.6. The molecule has 0 aromatic heterocycles. The molecule has 0 aliphatic carbocycles. The average molecular weight is 322 g/mol. The second-order valence-electron chi connectivity index (χ2n) is 3.97. The molecule has 9 nitrogen and oxygen atoms in total. The van der Waals surface area contributed by atoms with Crippen LogP contribution in [0.15, 0.2) is 40.9 Å². The minimum Gasteiger partial charge on any atom is -0.480 e. The van der Waals surface area contributed by atoms with E-state index in [9.17, 15) is 19.7 Å². The van der Waals surface area contributed by atoms with Crippen LogP contribution in [0.2, 0.25) is 0 Å². The summed E-state index contributed by atoms with van der Waals surface area (Å²) in [4.78, 5) is 37.2. The fraction of sp³-hybridized carbons (Fsp3) is 0.214. The highest BCUT2D eigenvalue weighted by Crippen LogP contribution is 2.19. The van der Waals surface area contributed by atoms with Crippen LogP contribution in [0.4, 0.5) is 11.4 Å². The minimum absolute atomic E-state index is 0.110. The lowest BCUT2D eigenvalue weighted by Gasteiger charge is -2.08. The van der Waals surface area contributed by atoms with E-state index in [0.717, 1.165) is 20.3 Å². The van der Waals surface area contributed by atoms with Crippen molar-refractivity contribution >= 4 is 29.2 Å². The van der Waals surface area contributed by atoms with Crippen LogP contribution in [0, 0.1) is 10.1 Å². The molecule has 0 spiro atoms. The van der Waals surface area contributed by atoms with Gasteiger partial charge in [0.2, 0.25) is 5.90 Å². The number of hydrogen-bond acceptors (Lipinski definition) is 8. The number of carbonyl (C=O) groups excluding carboxylic acids is 2. The third-order valence-corrected chi connectivity index (χ3v) is 2.58. The molecule has 0 saturated heterocycles. The molecule has 0 unspecified atom stereocenters. The SMILES string of the molecule is COC(=O)/C=C(/C(=O)OC)C(=Nc1ccc([N+](=O)[O-])cc1)OC. The number of rotatable bonds is 5. The molecule has 0 heterocycles. The number of hydrogen-bond donors (Lipinski definition) is 0. The normalized spacial score (nSPS) is 11.6. The summed E-state index contributed by atoms with van der Waals surface area (Å²) in [5.41, 5.74) is -0.0754. The highest BCUT2D eigenvalue weighted by Gasteiger charge is 2.20. The maximum absolute atomic E-state index is 11.7. The van der Waals surface area contributed by atoms with Crippen LogP contribution >= 0.6 is 0 Å². The summed E-state index contributed by atoms with van der Waals surface area (Å²) in [7, 11) is 3.53. The number of nitro groups is 1. The van der Waals surface area contributed by atoms with Crippen LogP contribution in [-0.2, 0) is 23.8 Å². The molecular formula is C14H14N2O7. The van der Waals surface area contributed by atoms with Gasteiger partial charge < -0.3 is 14.2 Å².